The molecule has 0 aliphatic carbocycles. The van der Waals surface area contributed by atoms with Crippen molar-refractivity contribution in [2.45, 2.75) is 31.5 Å². The van der Waals surface area contributed by atoms with Crippen LogP contribution in [0.5, 0.6) is 0 Å². The van der Waals surface area contributed by atoms with E-state index in [-0.39, 0.29) is 5.91 Å². The highest BCUT2D eigenvalue weighted by atomic mass is 79.9. The monoisotopic (exact) mass is 333 g/mol. The SMILES string of the molecule is CC1C(=O)NC2(CCN(C)CC2)N1C(=O)OCCBr. The van der Waals surface area contributed by atoms with E-state index in [1.807, 2.05) is 7.05 Å². The normalized spacial score (nSPS) is 26.6. The zero-order valence-electron chi connectivity index (χ0n) is 11.3. The summed E-state index contributed by atoms with van der Waals surface area (Å²) in [6.45, 7) is 3.77. The second-order valence-electron chi connectivity index (χ2n) is 5.17. The molecule has 1 N–H and O–H groups in total. The van der Waals surface area contributed by atoms with E-state index >= 15 is 0 Å². The van der Waals surface area contributed by atoms with Gasteiger partial charge in [0, 0.05) is 31.3 Å². The lowest BCUT2D eigenvalue weighted by molar-refractivity contribution is -0.121. The van der Waals surface area contributed by atoms with Crippen LogP contribution in [-0.2, 0) is 9.53 Å². The fraction of sp³-hybridized carbons (Fsp3) is 0.833. The topological polar surface area (TPSA) is 61.9 Å². The van der Waals surface area contributed by atoms with E-state index in [1.54, 1.807) is 11.8 Å². The largest absolute Gasteiger partial charge is 0.448 e. The number of amides is 2. The molecule has 0 saturated carbocycles. The molecule has 0 bridgehead atoms. The Morgan fingerprint density at radius 3 is 2.74 bits per heavy atom. The zero-order valence-corrected chi connectivity index (χ0v) is 12.9. The van der Waals surface area contributed by atoms with Gasteiger partial charge in [-0.2, -0.15) is 0 Å². The highest BCUT2D eigenvalue weighted by Crippen LogP contribution is 2.33. The number of hydrogen-bond acceptors (Lipinski definition) is 4. The molecule has 2 heterocycles. The highest BCUT2D eigenvalue weighted by molar-refractivity contribution is 9.09. The third-order valence-electron chi connectivity index (χ3n) is 3.90. The van der Waals surface area contributed by atoms with E-state index < -0.39 is 17.8 Å². The number of piperidine rings is 1. The van der Waals surface area contributed by atoms with Gasteiger partial charge in [-0.05, 0) is 14.0 Å². The van der Waals surface area contributed by atoms with Crippen LogP contribution in [0.2, 0.25) is 0 Å². The summed E-state index contributed by atoms with van der Waals surface area (Å²) in [4.78, 5) is 27.9. The molecule has 1 spiro atoms. The number of nitrogens with zero attached hydrogens (tertiary/aromatic N) is 2. The molecule has 0 radical (unpaired) electrons. The van der Waals surface area contributed by atoms with Crippen LogP contribution in [0, 0.1) is 0 Å². The van der Waals surface area contributed by atoms with Gasteiger partial charge in [0.15, 0.2) is 0 Å². The summed E-state index contributed by atoms with van der Waals surface area (Å²) in [6.07, 6.45) is 1.07. The molecule has 6 nitrogen and oxygen atoms in total. The number of carbonyl (C=O) groups is 2. The van der Waals surface area contributed by atoms with Crippen LogP contribution in [0.3, 0.4) is 0 Å². The van der Waals surface area contributed by atoms with Gasteiger partial charge in [0.1, 0.15) is 18.3 Å². The lowest BCUT2D eigenvalue weighted by Crippen LogP contribution is -2.60. The van der Waals surface area contributed by atoms with Crippen LogP contribution in [0.15, 0.2) is 0 Å². The third-order valence-corrected chi connectivity index (χ3v) is 4.22. The number of nitrogens with one attached hydrogen (secondary N) is 1. The van der Waals surface area contributed by atoms with Crippen molar-refractivity contribution < 1.29 is 14.3 Å². The molecule has 2 rings (SSSR count). The van der Waals surface area contributed by atoms with Gasteiger partial charge in [-0.3, -0.25) is 9.69 Å². The summed E-state index contributed by atoms with van der Waals surface area (Å²) < 4.78 is 5.18. The Morgan fingerprint density at radius 1 is 1.53 bits per heavy atom. The van der Waals surface area contributed by atoms with E-state index in [0.29, 0.717) is 11.9 Å². The Labute approximate surface area is 121 Å². The zero-order chi connectivity index (χ0) is 14.0. The fourth-order valence-corrected chi connectivity index (χ4v) is 2.93. The van der Waals surface area contributed by atoms with E-state index in [2.05, 4.69) is 26.1 Å². The molecule has 2 aliphatic rings. The lowest BCUT2D eigenvalue weighted by atomic mass is 9.96. The first kappa shape index (κ1) is 14.6. The van der Waals surface area contributed by atoms with Crippen molar-refractivity contribution in [1.82, 2.24) is 15.1 Å². The summed E-state index contributed by atoms with van der Waals surface area (Å²) in [6, 6.07) is -0.466. The van der Waals surface area contributed by atoms with Gasteiger partial charge in [0.05, 0.1) is 0 Å². The molecule has 2 fully saturated rings. The molecular formula is C12H20BrN3O3. The fourth-order valence-electron chi connectivity index (χ4n) is 2.76. The van der Waals surface area contributed by atoms with E-state index in [9.17, 15) is 9.59 Å². The Balaban J connectivity index is 2.16. The highest BCUT2D eigenvalue weighted by Gasteiger charge is 2.53. The molecular weight excluding hydrogens is 314 g/mol. The first-order valence-corrected chi connectivity index (χ1v) is 7.65. The summed E-state index contributed by atoms with van der Waals surface area (Å²) in [7, 11) is 2.04. The van der Waals surface area contributed by atoms with E-state index in [1.165, 1.54) is 0 Å². The molecule has 7 heteroatoms. The van der Waals surface area contributed by atoms with Crippen LogP contribution < -0.4 is 5.32 Å². The van der Waals surface area contributed by atoms with Crippen LogP contribution in [0.25, 0.3) is 0 Å². The minimum absolute atomic E-state index is 0.0969. The number of alkyl halides is 1. The molecule has 19 heavy (non-hydrogen) atoms. The Hall–Kier alpha value is -0.820. The Bertz CT molecular complexity index is 369. The predicted molar refractivity (Wildman–Crippen MR) is 74.0 cm³/mol. The Kier molecular flexibility index (Phi) is 4.35. The lowest BCUT2D eigenvalue weighted by Gasteiger charge is -2.43. The predicted octanol–water partition coefficient (Wildman–Crippen LogP) is 0.760. The maximum atomic E-state index is 12.2. The number of halogens is 1. The van der Waals surface area contributed by atoms with Crippen molar-refractivity contribution in [3.63, 3.8) is 0 Å². The van der Waals surface area contributed by atoms with Gasteiger partial charge in [-0.15, -0.1) is 0 Å². The molecule has 0 aromatic rings. The summed E-state index contributed by atoms with van der Waals surface area (Å²) >= 11 is 3.22. The Morgan fingerprint density at radius 2 is 2.16 bits per heavy atom. The quantitative estimate of drug-likeness (QED) is 0.758. The number of rotatable bonds is 2. The molecule has 2 amide bonds. The molecule has 2 aliphatic heterocycles. The maximum absolute atomic E-state index is 12.2. The smallest absolute Gasteiger partial charge is 0.412 e. The molecule has 1 atom stereocenters. The molecule has 0 aromatic carbocycles. The first-order valence-electron chi connectivity index (χ1n) is 6.53. The van der Waals surface area contributed by atoms with Crippen molar-refractivity contribution in [2.24, 2.45) is 0 Å². The molecule has 1 unspecified atom stereocenters. The van der Waals surface area contributed by atoms with Crippen LogP contribution in [0.4, 0.5) is 4.79 Å². The van der Waals surface area contributed by atoms with Crippen molar-refractivity contribution in [3.05, 3.63) is 0 Å². The van der Waals surface area contributed by atoms with Gasteiger partial charge in [-0.1, -0.05) is 15.9 Å². The molecule has 0 aromatic heterocycles. The van der Waals surface area contributed by atoms with Crippen LogP contribution in [0.1, 0.15) is 19.8 Å². The molecule has 2 saturated heterocycles. The summed E-state index contributed by atoms with van der Waals surface area (Å²) in [5.74, 6) is -0.0969. The van der Waals surface area contributed by atoms with E-state index in [0.717, 1.165) is 25.9 Å². The van der Waals surface area contributed by atoms with Gasteiger partial charge >= 0.3 is 6.09 Å². The van der Waals surface area contributed by atoms with Crippen molar-refractivity contribution >= 4 is 27.9 Å². The third kappa shape index (κ3) is 2.72. The first-order chi connectivity index (χ1) is 9.00. The van der Waals surface area contributed by atoms with E-state index in [4.69, 9.17) is 4.74 Å². The number of likely N-dealkylation sites (tertiary alicyclic amines) is 1. The minimum Gasteiger partial charge on any atom is -0.448 e. The van der Waals surface area contributed by atoms with Crippen molar-refractivity contribution in [2.75, 3.05) is 32.1 Å². The van der Waals surface area contributed by atoms with Crippen LogP contribution >= 0.6 is 15.9 Å². The summed E-state index contributed by atoms with van der Waals surface area (Å²) in [5, 5.41) is 3.59. The minimum atomic E-state index is -0.563. The number of ether oxygens (including phenoxy) is 1. The number of carbonyl (C=O) groups excluding carboxylic acids is 2. The summed E-state index contributed by atoms with van der Waals surface area (Å²) in [5.41, 5.74) is -0.563. The second kappa shape index (κ2) is 5.66. The second-order valence-corrected chi connectivity index (χ2v) is 5.97. The number of hydrogen-bond donors (Lipinski definition) is 1. The van der Waals surface area contributed by atoms with Crippen LogP contribution in [-0.4, -0.2) is 65.6 Å². The van der Waals surface area contributed by atoms with Crippen molar-refractivity contribution in [1.29, 1.82) is 0 Å². The average Bonchev–Trinajstić information content (AvgIpc) is 2.63. The molecule has 108 valence electrons. The standard InChI is InChI=1S/C12H20BrN3O3/c1-9-10(17)14-12(3-6-15(2)7-4-12)16(9)11(18)19-8-5-13/h9H,3-8H2,1-2H3,(H,14,17). The average molecular weight is 334 g/mol. The van der Waals surface area contributed by atoms with Gasteiger partial charge < -0.3 is 15.0 Å². The van der Waals surface area contributed by atoms with Gasteiger partial charge in [0.25, 0.3) is 0 Å². The van der Waals surface area contributed by atoms with Gasteiger partial charge in [-0.25, -0.2) is 4.79 Å². The maximum Gasteiger partial charge on any atom is 0.412 e. The van der Waals surface area contributed by atoms with Crippen molar-refractivity contribution in [3.8, 4) is 0 Å². The van der Waals surface area contributed by atoms with Gasteiger partial charge in [0.2, 0.25) is 5.91 Å².